The average Bonchev–Trinajstić information content (AvgIpc) is 3.20. The SMILES string of the molecule is COc1ccccc1C(C)NC(=O)C1(C(=O)O)CC1. The summed E-state index contributed by atoms with van der Waals surface area (Å²) in [5.74, 6) is -0.786. The quantitative estimate of drug-likeness (QED) is 0.793. The molecule has 102 valence electrons. The maximum Gasteiger partial charge on any atom is 0.319 e. The van der Waals surface area contributed by atoms with Crippen LogP contribution in [-0.2, 0) is 9.59 Å². The lowest BCUT2D eigenvalue weighted by molar-refractivity contribution is -0.149. The molecule has 2 rings (SSSR count). The smallest absolute Gasteiger partial charge is 0.319 e. The van der Waals surface area contributed by atoms with Gasteiger partial charge in [0.25, 0.3) is 0 Å². The van der Waals surface area contributed by atoms with Crippen LogP contribution in [-0.4, -0.2) is 24.1 Å². The number of ether oxygens (including phenoxy) is 1. The third kappa shape index (κ3) is 2.41. The zero-order valence-electron chi connectivity index (χ0n) is 11.0. The molecule has 1 aromatic rings. The van der Waals surface area contributed by atoms with Gasteiger partial charge in [0.2, 0.25) is 5.91 Å². The zero-order valence-corrected chi connectivity index (χ0v) is 11.0. The summed E-state index contributed by atoms with van der Waals surface area (Å²) in [6.07, 6.45) is 0.819. The molecule has 1 atom stereocenters. The molecule has 1 fully saturated rings. The molecule has 0 aromatic heterocycles. The van der Waals surface area contributed by atoms with Gasteiger partial charge in [-0.15, -0.1) is 0 Å². The van der Waals surface area contributed by atoms with Crippen molar-refractivity contribution in [2.75, 3.05) is 7.11 Å². The Hall–Kier alpha value is -2.04. The first-order valence-corrected chi connectivity index (χ1v) is 6.18. The maximum atomic E-state index is 12.0. The van der Waals surface area contributed by atoms with E-state index in [0.29, 0.717) is 18.6 Å². The van der Waals surface area contributed by atoms with Crippen molar-refractivity contribution in [3.8, 4) is 5.75 Å². The van der Waals surface area contributed by atoms with Crippen molar-refractivity contribution < 1.29 is 19.4 Å². The lowest BCUT2D eigenvalue weighted by Crippen LogP contribution is -2.38. The second-order valence-corrected chi connectivity index (χ2v) is 4.82. The molecule has 0 heterocycles. The normalized spacial score (nSPS) is 17.4. The zero-order chi connectivity index (χ0) is 14.0. The fourth-order valence-electron chi connectivity index (χ4n) is 2.10. The second kappa shape index (κ2) is 4.91. The molecule has 1 saturated carbocycles. The van der Waals surface area contributed by atoms with Gasteiger partial charge in [-0.2, -0.15) is 0 Å². The number of carbonyl (C=O) groups is 2. The highest BCUT2D eigenvalue weighted by atomic mass is 16.5. The van der Waals surface area contributed by atoms with Crippen LogP contribution in [0.5, 0.6) is 5.75 Å². The van der Waals surface area contributed by atoms with Crippen LogP contribution in [0.15, 0.2) is 24.3 Å². The summed E-state index contributed by atoms with van der Waals surface area (Å²) in [5.41, 5.74) is -0.379. The molecule has 0 aliphatic heterocycles. The standard InChI is InChI=1S/C14H17NO4/c1-9(10-5-3-4-6-11(10)19-2)15-12(16)14(7-8-14)13(17)18/h3-6,9H,7-8H2,1-2H3,(H,15,16)(H,17,18). The van der Waals surface area contributed by atoms with E-state index in [0.717, 1.165) is 5.56 Å². The fraction of sp³-hybridized carbons (Fsp3) is 0.429. The number of amides is 1. The van der Waals surface area contributed by atoms with E-state index in [1.54, 1.807) is 7.11 Å². The first-order chi connectivity index (χ1) is 9.01. The van der Waals surface area contributed by atoms with Crippen molar-refractivity contribution in [2.24, 2.45) is 5.41 Å². The first-order valence-electron chi connectivity index (χ1n) is 6.18. The molecule has 1 aliphatic rings. The number of carboxylic acid groups (broad SMARTS) is 1. The third-order valence-corrected chi connectivity index (χ3v) is 3.55. The molecule has 0 bridgehead atoms. The van der Waals surface area contributed by atoms with E-state index in [-0.39, 0.29) is 6.04 Å². The van der Waals surface area contributed by atoms with Crippen LogP contribution in [0.1, 0.15) is 31.4 Å². The Labute approximate surface area is 111 Å². The molecule has 5 nitrogen and oxygen atoms in total. The van der Waals surface area contributed by atoms with E-state index in [1.165, 1.54) is 0 Å². The number of methoxy groups -OCH3 is 1. The molecule has 1 unspecified atom stereocenters. The maximum absolute atomic E-state index is 12.0. The topological polar surface area (TPSA) is 75.6 Å². The summed E-state index contributed by atoms with van der Waals surface area (Å²) >= 11 is 0. The number of benzene rings is 1. The van der Waals surface area contributed by atoms with Gasteiger partial charge in [0, 0.05) is 5.56 Å². The number of aliphatic carboxylic acids is 1. The lowest BCUT2D eigenvalue weighted by atomic mass is 10.0. The molecule has 19 heavy (non-hydrogen) atoms. The van der Waals surface area contributed by atoms with Crippen LogP contribution in [0.25, 0.3) is 0 Å². The Bertz CT molecular complexity index is 508. The van der Waals surface area contributed by atoms with Crippen molar-refractivity contribution in [3.05, 3.63) is 29.8 Å². The predicted octanol–water partition coefficient (Wildman–Crippen LogP) is 1.74. The Morgan fingerprint density at radius 1 is 1.37 bits per heavy atom. The van der Waals surface area contributed by atoms with Gasteiger partial charge in [-0.05, 0) is 25.8 Å². The minimum Gasteiger partial charge on any atom is -0.496 e. The van der Waals surface area contributed by atoms with Gasteiger partial charge < -0.3 is 15.2 Å². The van der Waals surface area contributed by atoms with E-state index < -0.39 is 17.3 Å². The van der Waals surface area contributed by atoms with Crippen molar-refractivity contribution in [1.29, 1.82) is 0 Å². The highest BCUT2D eigenvalue weighted by Crippen LogP contribution is 2.46. The summed E-state index contributed by atoms with van der Waals surface area (Å²) in [6.45, 7) is 1.81. The average molecular weight is 263 g/mol. The fourth-order valence-corrected chi connectivity index (χ4v) is 2.10. The van der Waals surface area contributed by atoms with Crippen molar-refractivity contribution in [1.82, 2.24) is 5.32 Å². The predicted molar refractivity (Wildman–Crippen MR) is 68.9 cm³/mol. The first kappa shape index (κ1) is 13.4. The molecule has 5 heteroatoms. The Morgan fingerprint density at radius 3 is 2.53 bits per heavy atom. The lowest BCUT2D eigenvalue weighted by Gasteiger charge is -2.19. The summed E-state index contributed by atoms with van der Waals surface area (Å²) < 4.78 is 5.23. The second-order valence-electron chi connectivity index (χ2n) is 4.82. The number of nitrogens with one attached hydrogen (secondary N) is 1. The van der Waals surface area contributed by atoms with E-state index >= 15 is 0 Å². The van der Waals surface area contributed by atoms with Crippen LogP contribution < -0.4 is 10.1 Å². The third-order valence-electron chi connectivity index (χ3n) is 3.55. The van der Waals surface area contributed by atoms with Gasteiger partial charge in [-0.25, -0.2) is 0 Å². The number of carboxylic acids is 1. The number of carbonyl (C=O) groups excluding carboxylic acids is 1. The van der Waals surface area contributed by atoms with Crippen LogP contribution in [0.2, 0.25) is 0 Å². The Kier molecular flexibility index (Phi) is 3.46. The highest BCUT2D eigenvalue weighted by Gasteiger charge is 2.57. The largest absolute Gasteiger partial charge is 0.496 e. The molecular formula is C14H17NO4. The highest BCUT2D eigenvalue weighted by molar-refractivity contribution is 6.04. The molecule has 1 aliphatic carbocycles. The van der Waals surface area contributed by atoms with Crippen molar-refractivity contribution >= 4 is 11.9 Å². The van der Waals surface area contributed by atoms with Crippen molar-refractivity contribution in [2.45, 2.75) is 25.8 Å². The van der Waals surface area contributed by atoms with Crippen LogP contribution in [0.4, 0.5) is 0 Å². The summed E-state index contributed by atoms with van der Waals surface area (Å²) in [5, 5.41) is 11.8. The van der Waals surface area contributed by atoms with E-state index in [1.807, 2.05) is 31.2 Å². The van der Waals surface area contributed by atoms with Gasteiger partial charge in [0.15, 0.2) is 0 Å². The van der Waals surface area contributed by atoms with Crippen molar-refractivity contribution in [3.63, 3.8) is 0 Å². The molecule has 1 aromatic carbocycles. The van der Waals surface area contributed by atoms with Gasteiger partial charge >= 0.3 is 5.97 Å². The van der Waals surface area contributed by atoms with Crippen LogP contribution >= 0.6 is 0 Å². The summed E-state index contributed by atoms with van der Waals surface area (Å²) in [4.78, 5) is 23.1. The molecule has 1 amide bonds. The van der Waals surface area contributed by atoms with Gasteiger partial charge in [0.1, 0.15) is 11.2 Å². The van der Waals surface area contributed by atoms with Crippen LogP contribution in [0, 0.1) is 5.41 Å². The molecule has 0 spiro atoms. The molecule has 0 radical (unpaired) electrons. The number of para-hydroxylation sites is 1. The number of rotatable bonds is 5. The van der Waals surface area contributed by atoms with Gasteiger partial charge in [-0.3, -0.25) is 9.59 Å². The molecular weight excluding hydrogens is 246 g/mol. The van der Waals surface area contributed by atoms with E-state index in [2.05, 4.69) is 5.32 Å². The number of hydrogen-bond donors (Lipinski definition) is 2. The molecule has 0 saturated heterocycles. The Balaban J connectivity index is 2.11. The minimum atomic E-state index is -1.21. The van der Waals surface area contributed by atoms with E-state index in [9.17, 15) is 9.59 Å². The Morgan fingerprint density at radius 2 is 2.00 bits per heavy atom. The number of hydrogen-bond acceptors (Lipinski definition) is 3. The minimum absolute atomic E-state index is 0.291. The van der Waals surface area contributed by atoms with E-state index in [4.69, 9.17) is 9.84 Å². The summed E-state index contributed by atoms with van der Waals surface area (Å²) in [6, 6.07) is 7.06. The van der Waals surface area contributed by atoms with Gasteiger partial charge in [0.05, 0.1) is 13.2 Å². The monoisotopic (exact) mass is 263 g/mol. The van der Waals surface area contributed by atoms with Crippen LogP contribution in [0.3, 0.4) is 0 Å². The van der Waals surface area contributed by atoms with Gasteiger partial charge in [-0.1, -0.05) is 18.2 Å². The summed E-state index contributed by atoms with van der Waals surface area (Å²) in [7, 11) is 1.56. The molecule has 2 N–H and O–H groups in total.